The number of amides is 1. The fourth-order valence-corrected chi connectivity index (χ4v) is 3.32. The van der Waals surface area contributed by atoms with E-state index < -0.39 is 23.4 Å². The van der Waals surface area contributed by atoms with E-state index in [4.69, 9.17) is 0 Å². The molecule has 0 radical (unpaired) electrons. The first-order chi connectivity index (χ1) is 14.4. The number of halogens is 3. The van der Waals surface area contributed by atoms with Crippen LogP contribution in [0.3, 0.4) is 0 Å². The maximum absolute atomic E-state index is 14.3. The van der Waals surface area contributed by atoms with E-state index >= 15 is 0 Å². The molecule has 5 nitrogen and oxygen atoms in total. The van der Waals surface area contributed by atoms with Crippen molar-refractivity contribution in [3.8, 4) is 17.1 Å². The molecule has 0 saturated carbocycles. The summed E-state index contributed by atoms with van der Waals surface area (Å²) in [5.41, 5.74) is 2.13. The lowest BCUT2D eigenvalue weighted by atomic mass is 10.0. The van der Waals surface area contributed by atoms with Gasteiger partial charge in [-0.1, -0.05) is 0 Å². The number of hydrogen-bond acceptors (Lipinski definition) is 3. The highest BCUT2D eigenvalue weighted by Crippen LogP contribution is 2.32. The van der Waals surface area contributed by atoms with E-state index in [1.807, 2.05) is 0 Å². The van der Waals surface area contributed by atoms with Gasteiger partial charge in [0.2, 0.25) is 5.88 Å². The Labute approximate surface area is 169 Å². The predicted octanol–water partition coefficient (Wildman–Crippen LogP) is 4.33. The van der Waals surface area contributed by atoms with Crippen LogP contribution in [0.5, 0.6) is 5.88 Å². The number of carbonyl (C=O) groups excluding carboxylic acids is 1. The highest BCUT2D eigenvalue weighted by Gasteiger charge is 2.17. The summed E-state index contributed by atoms with van der Waals surface area (Å²) in [4.78, 5) is 18.9. The standard InChI is InChI=1S/C22H16F3N3O2/c23-14-4-1-12(2-5-14)20-16(17-9-15(24)10-18(25)21(17)28-20)7-8-26-22(30)13-3-6-19(29)27-11-13/h1-6,9-11,28H,7-8H2,(H,26,30)(H,27,29). The van der Waals surface area contributed by atoms with Gasteiger partial charge in [0.1, 0.15) is 17.5 Å². The number of benzene rings is 2. The molecule has 8 heteroatoms. The fraction of sp³-hybridized carbons (Fsp3) is 0.0909. The van der Waals surface area contributed by atoms with Gasteiger partial charge in [-0.05, 0) is 53.9 Å². The van der Waals surface area contributed by atoms with Crippen molar-refractivity contribution in [2.24, 2.45) is 0 Å². The molecule has 0 unspecified atom stereocenters. The van der Waals surface area contributed by atoms with Crippen molar-refractivity contribution in [1.82, 2.24) is 15.3 Å². The first kappa shape index (κ1) is 19.5. The van der Waals surface area contributed by atoms with Crippen LogP contribution in [0.1, 0.15) is 15.9 Å². The molecule has 152 valence electrons. The number of nitrogens with zero attached hydrogens (tertiary/aromatic N) is 1. The molecule has 0 aliphatic rings. The van der Waals surface area contributed by atoms with Crippen molar-refractivity contribution in [3.05, 3.63) is 83.3 Å². The Morgan fingerprint density at radius 3 is 2.50 bits per heavy atom. The van der Waals surface area contributed by atoms with Gasteiger partial charge in [-0.15, -0.1) is 0 Å². The molecule has 0 aliphatic heterocycles. The van der Waals surface area contributed by atoms with E-state index in [1.165, 1.54) is 36.5 Å². The molecular formula is C22H16F3N3O2. The molecule has 0 aliphatic carbocycles. The Kier molecular flexibility index (Phi) is 5.14. The lowest BCUT2D eigenvalue weighted by Crippen LogP contribution is -2.25. The Hall–Kier alpha value is -3.81. The molecule has 2 aromatic heterocycles. The van der Waals surface area contributed by atoms with E-state index in [9.17, 15) is 23.1 Å². The molecule has 4 aromatic rings. The molecule has 1 amide bonds. The van der Waals surface area contributed by atoms with Crippen molar-refractivity contribution in [2.75, 3.05) is 6.54 Å². The quantitative estimate of drug-likeness (QED) is 0.458. The van der Waals surface area contributed by atoms with E-state index in [2.05, 4.69) is 15.3 Å². The molecular weight excluding hydrogens is 395 g/mol. The number of aromatic amines is 1. The Morgan fingerprint density at radius 2 is 1.80 bits per heavy atom. The third-order valence-electron chi connectivity index (χ3n) is 4.74. The first-order valence-corrected chi connectivity index (χ1v) is 9.11. The Bertz CT molecular complexity index is 1220. The SMILES string of the molecule is O=C(NCCc1c(-c2ccc(F)cc2)[nH]c2c(F)cc(F)cc12)c1ccc(O)nc1. The summed E-state index contributed by atoms with van der Waals surface area (Å²) in [6, 6.07) is 10.4. The lowest BCUT2D eigenvalue weighted by Gasteiger charge is -2.08. The number of aromatic hydroxyl groups is 1. The van der Waals surface area contributed by atoms with E-state index in [1.54, 1.807) is 12.1 Å². The first-order valence-electron chi connectivity index (χ1n) is 9.11. The number of nitrogens with one attached hydrogen (secondary N) is 2. The number of pyridine rings is 1. The minimum atomic E-state index is -0.737. The molecule has 0 spiro atoms. The molecule has 3 N–H and O–H groups in total. The zero-order chi connectivity index (χ0) is 21.3. The van der Waals surface area contributed by atoms with Gasteiger partial charge in [-0.3, -0.25) is 4.79 Å². The minimum absolute atomic E-state index is 0.139. The van der Waals surface area contributed by atoms with Crippen LogP contribution >= 0.6 is 0 Å². The summed E-state index contributed by atoms with van der Waals surface area (Å²) in [7, 11) is 0. The zero-order valence-corrected chi connectivity index (χ0v) is 15.5. The second kappa shape index (κ2) is 7.90. The van der Waals surface area contributed by atoms with Crippen LogP contribution in [0, 0.1) is 17.5 Å². The van der Waals surface area contributed by atoms with Crippen LogP contribution in [0.4, 0.5) is 13.2 Å². The molecule has 30 heavy (non-hydrogen) atoms. The number of aromatic nitrogens is 2. The zero-order valence-electron chi connectivity index (χ0n) is 15.5. The van der Waals surface area contributed by atoms with E-state index in [-0.39, 0.29) is 29.9 Å². The Morgan fingerprint density at radius 1 is 1.03 bits per heavy atom. The van der Waals surface area contributed by atoms with Crippen LogP contribution in [0.15, 0.2) is 54.7 Å². The van der Waals surface area contributed by atoms with Crippen molar-refractivity contribution >= 4 is 16.8 Å². The normalized spacial score (nSPS) is 11.0. The summed E-state index contributed by atoms with van der Waals surface area (Å²) < 4.78 is 41.5. The molecule has 2 aromatic carbocycles. The molecule has 0 atom stereocenters. The van der Waals surface area contributed by atoms with Gasteiger partial charge in [-0.25, -0.2) is 18.2 Å². The van der Waals surface area contributed by atoms with Crippen LogP contribution in [-0.2, 0) is 6.42 Å². The van der Waals surface area contributed by atoms with Crippen molar-refractivity contribution in [3.63, 3.8) is 0 Å². The number of rotatable bonds is 5. The second-order valence-electron chi connectivity index (χ2n) is 6.71. The van der Waals surface area contributed by atoms with Gasteiger partial charge < -0.3 is 15.4 Å². The molecule has 0 bridgehead atoms. The monoisotopic (exact) mass is 411 g/mol. The average Bonchev–Trinajstić information content (AvgIpc) is 3.08. The maximum atomic E-state index is 14.3. The largest absolute Gasteiger partial charge is 0.493 e. The number of fused-ring (bicyclic) bond motifs is 1. The van der Waals surface area contributed by atoms with Crippen molar-refractivity contribution in [2.45, 2.75) is 6.42 Å². The van der Waals surface area contributed by atoms with Gasteiger partial charge in [0, 0.05) is 36.0 Å². The summed E-state index contributed by atoms with van der Waals surface area (Å²) in [5.74, 6) is -2.46. The second-order valence-corrected chi connectivity index (χ2v) is 6.71. The van der Waals surface area contributed by atoms with E-state index in [0.29, 0.717) is 22.2 Å². The van der Waals surface area contributed by atoms with Crippen molar-refractivity contribution in [1.29, 1.82) is 0 Å². The highest BCUT2D eigenvalue weighted by atomic mass is 19.1. The van der Waals surface area contributed by atoms with Crippen LogP contribution < -0.4 is 5.32 Å². The number of carbonyl (C=O) groups is 1. The molecule has 0 fully saturated rings. The van der Waals surface area contributed by atoms with Crippen LogP contribution in [0.25, 0.3) is 22.2 Å². The number of hydrogen-bond donors (Lipinski definition) is 3. The highest BCUT2D eigenvalue weighted by molar-refractivity contribution is 5.94. The summed E-state index contributed by atoms with van der Waals surface area (Å²) in [6.07, 6.45) is 1.51. The average molecular weight is 411 g/mol. The number of H-pyrrole nitrogens is 1. The lowest BCUT2D eigenvalue weighted by molar-refractivity contribution is 0.0953. The smallest absolute Gasteiger partial charge is 0.252 e. The molecule has 2 heterocycles. The molecule has 4 rings (SSSR count). The third-order valence-corrected chi connectivity index (χ3v) is 4.74. The van der Waals surface area contributed by atoms with Crippen LogP contribution in [-0.4, -0.2) is 27.5 Å². The third kappa shape index (κ3) is 3.84. The van der Waals surface area contributed by atoms with Gasteiger partial charge >= 0.3 is 0 Å². The van der Waals surface area contributed by atoms with E-state index in [0.717, 1.165) is 6.07 Å². The van der Waals surface area contributed by atoms with Crippen LogP contribution in [0.2, 0.25) is 0 Å². The van der Waals surface area contributed by atoms with Gasteiger partial charge in [0.25, 0.3) is 5.91 Å². The summed E-state index contributed by atoms with van der Waals surface area (Å²) in [6.45, 7) is 0.180. The van der Waals surface area contributed by atoms with Gasteiger partial charge in [0.05, 0.1) is 11.1 Å². The fourth-order valence-electron chi connectivity index (χ4n) is 3.32. The summed E-state index contributed by atoms with van der Waals surface area (Å²) in [5, 5.41) is 12.3. The van der Waals surface area contributed by atoms with Gasteiger partial charge in [0.15, 0.2) is 0 Å². The predicted molar refractivity (Wildman–Crippen MR) is 106 cm³/mol. The topological polar surface area (TPSA) is 78.0 Å². The Balaban J connectivity index is 1.64. The van der Waals surface area contributed by atoms with Crippen molar-refractivity contribution < 1.29 is 23.1 Å². The minimum Gasteiger partial charge on any atom is -0.493 e. The summed E-state index contributed by atoms with van der Waals surface area (Å²) >= 11 is 0. The van der Waals surface area contributed by atoms with Gasteiger partial charge in [-0.2, -0.15) is 0 Å². The molecule has 0 saturated heterocycles. The maximum Gasteiger partial charge on any atom is 0.252 e.